The Morgan fingerprint density at radius 2 is 1.04 bits per heavy atom. The van der Waals surface area contributed by atoms with Crippen molar-refractivity contribution in [3.63, 3.8) is 0 Å². The summed E-state index contributed by atoms with van der Waals surface area (Å²) in [5.41, 5.74) is 0. The summed E-state index contributed by atoms with van der Waals surface area (Å²) in [7, 11) is 1.25. The summed E-state index contributed by atoms with van der Waals surface area (Å²) in [6.45, 7) is 4.53. The van der Waals surface area contributed by atoms with Crippen LogP contribution in [0, 0.1) is 0 Å². The SMILES string of the molecule is CC/C=C\C/C=C\C/C=C\C/C=C\C/C=C\C/C=C\CCC(=O)NC(COP(=O)([O-])OCC[N+](C)(C)C)C(O)CCCCCCCCCCCCCCCCCC. The van der Waals surface area contributed by atoms with E-state index in [0.29, 0.717) is 23.9 Å². The summed E-state index contributed by atoms with van der Waals surface area (Å²) < 4.78 is 23.2. The molecule has 0 rings (SSSR count). The Morgan fingerprint density at radius 1 is 0.632 bits per heavy atom. The number of likely N-dealkylation sites (N-methyl/N-ethyl adjacent to an activating group) is 1. The van der Waals surface area contributed by atoms with Crippen LogP contribution in [0.25, 0.3) is 0 Å². The third-order valence-corrected chi connectivity index (χ3v) is 10.7. The number of phosphoric ester groups is 1. The van der Waals surface area contributed by atoms with Gasteiger partial charge in [-0.1, -0.05) is 189 Å². The molecule has 0 saturated heterocycles. The van der Waals surface area contributed by atoms with Crippen molar-refractivity contribution in [1.29, 1.82) is 0 Å². The Balaban J connectivity index is 4.50. The molecule has 330 valence electrons. The molecule has 9 heteroatoms. The summed E-state index contributed by atoms with van der Waals surface area (Å²) in [5, 5.41) is 13.9. The predicted octanol–water partition coefficient (Wildman–Crippen LogP) is 12.2. The highest BCUT2D eigenvalue weighted by atomic mass is 31.2. The van der Waals surface area contributed by atoms with Gasteiger partial charge in [0.1, 0.15) is 13.2 Å². The molecule has 8 nitrogen and oxygen atoms in total. The van der Waals surface area contributed by atoms with Crippen LogP contribution < -0.4 is 10.2 Å². The third kappa shape index (κ3) is 41.9. The zero-order chi connectivity index (χ0) is 42.1. The molecule has 0 saturated carbocycles. The van der Waals surface area contributed by atoms with Crippen LogP contribution in [0.2, 0.25) is 0 Å². The number of nitrogens with one attached hydrogen (secondary N) is 1. The Morgan fingerprint density at radius 3 is 1.46 bits per heavy atom. The predicted molar refractivity (Wildman–Crippen MR) is 242 cm³/mol. The number of hydrogen-bond acceptors (Lipinski definition) is 6. The van der Waals surface area contributed by atoms with Crippen LogP contribution in [-0.2, 0) is 18.4 Å². The lowest BCUT2D eigenvalue weighted by Gasteiger charge is -2.30. The highest BCUT2D eigenvalue weighted by molar-refractivity contribution is 7.45. The minimum atomic E-state index is -4.59. The average Bonchev–Trinajstić information content (AvgIpc) is 3.16. The summed E-state index contributed by atoms with van der Waals surface area (Å²) in [6, 6.07) is -0.844. The van der Waals surface area contributed by atoms with Gasteiger partial charge in [-0.05, 0) is 51.4 Å². The Hall–Kier alpha value is -2.06. The van der Waals surface area contributed by atoms with Crippen molar-refractivity contribution >= 4 is 13.7 Å². The number of unbranched alkanes of at least 4 members (excludes halogenated alkanes) is 15. The van der Waals surface area contributed by atoms with E-state index in [0.717, 1.165) is 57.8 Å². The second-order valence-corrected chi connectivity index (χ2v) is 17.8. The molecule has 0 aromatic carbocycles. The maximum Gasteiger partial charge on any atom is 0.268 e. The standard InChI is InChI=1S/C48H87N2O6P/c1-6-8-10-12-14-16-18-20-22-24-25-26-28-30-32-34-36-38-40-42-48(52)49-46(45-56-57(53,54)55-44-43-50(3,4)5)47(51)41-39-37-35-33-31-29-27-23-21-19-17-15-13-11-9-7-2/h8,10,14,16,20,22,25-26,30,32,36,38,46-47,51H,6-7,9,11-13,15,17-19,21,23-24,27-29,31,33-35,37,39-45H2,1-5H3,(H-,49,52,53,54)/b10-8-,16-14-,22-20-,26-25-,32-30-,38-36-. The topological polar surface area (TPSA) is 108 Å². The summed E-state index contributed by atoms with van der Waals surface area (Å²) in [4.78, 5) is 25.3. The van der Waals surface area contributed by atoms with Crippen LogP contribution in [0.3, 0.4) is 0 Å². The molecule has 0 aliphatic heterocycles. The van der Waals surface area contributed by atoms with Crippen molar-refractivity contribution in [1.82, 2.24) is 5.32 Å². The van der Waals surface area contributed by atoms with E-state index in [-0.39, 0.29) is 25.5 Å². The minimum Gasteiger partial charge on any atom is -0.756 e. The van der Waals surface area contributed by atoms with Crippen molar-refractivity contribution in [2.75, 3.05) is 40.9 Å². The number of amides is 1. The second-order valence-electron chi connectivity index (χ2n) is 16.4. The van der Waals surface area contributed by atoms with Gasteiger partial charge in [-0.25, -0.2) is 0 Å². The van der Waals surface area contributed by atoms with Crippen LogP contribution >= 0.6 is 7.82 Å². The molecule has 3 atom stereocenters. The molecule has 57 heavy (non-hydrogen) atoms. The van der Waals surface area contributed by atoms with Crippen LogP contribution in [-0.4, -0.2) is 68.5 Å². The number of phosphoric acid groups is 1. The average molecular weight is 819 g/mol. The maximum atomic E-state index is 12.8. The van der Waals surface area contributed by atoms with Crippen molar-refractivity contribution < 1.29 is 32.9 Å². The van der Waals surface area contributed by atoms with E-state index in [9.17, 15) is 19.4 Å². The number of quaternary nitrogens is 1. The zero-order valence-corrected chi connectivity index (χ0v) is 38.2. The summed E-state index contributed by atoms with van der Waals surface area (Å²) >= 11 is 0. The zero-order valence-electron chi connectivity index (χ0n) is 37.3. The fraction of sp³-hybridized carbons (Fsp3) is 0.729. The molecule has 0 aliphatic carbocycles. The largest absolute Gasteiger partial charge is 0.756 e. The van der Waals surface area contributed by atoms with Crippen LogP contribution in [0.4, 0.5) is 0 Å². The van der Waals surface area contributed by atoms with E-state index >= 15 is 0 Å². The molecule has 0 aromatic rings. The van der Waals surface area contributed by atoms with E-state index in [2.05, 4.69) is 79.9 Å². The second kappa shape index (κ2) is 39.4. The number of hydrogen-bond donors (Lipinski definition) is 2. The van der Waals surface area contributed by atoms with Gasteiger partial charge in [-0.2, -0.15) is 0 Å². The van der Waals surface area contributed by atoms with Crippen LogP contribution in [0.1, 0.15) is 174 Å². The first-order chi connectivity index (χ1) is 27.5. The molecule has 0 fully saturated rings. The summed E-state index contributed by atoms with van der Waals surface area (Å²) in [6.07, 6.45) is 52.0. The molecule has 0 bridgehead atoms. The van der Waals surface area contributed by atoms with E-state index in [1.165, 1.54) is 83.5 Å². The maximum absolute atomic E-state index is 12.8. The Kier molecular flexibility index (Phi) is 38.0. The first-order valence-corrected chi connectivity index (χ1v) is 24.2. The minimum absolute atomic E-state index is 0.00495. The van der Waals surface area contributed by atoms with Gasteiger partial charge in [0, 0.05) is 6.42 Å². The first kappa shape index (κ1) is 54.9. The van der Waals surface area contributed by atoms with Gasteiger partial charge >= 0.3 is 0 Å². The molecule has 1 amide bonds. The summed E-state index contributed by atoms with van der Waals surface area (Å²) in [5.74, 6) is -0.249. The van der Waals surface area contributed by atoms with Gasteiger partial charge in [-0.3, -0.25) is 9.36 Å². The lowest BCUT2D eigenvalue weighted by molar-refractivity contribution is -0.870. The van der Waals surface area contributed by atoms with Crippen molar-refractivity contribution in [2.45, 2.75) is 187 Å². The smallest absolute Gasteiger partial charge is 0.268 e. The number of aliphatic hydroxyl groups is 1. The number of nitrogens with zero attached hydrogens (tertiary/aromatic N) is 1. The quantitative estimate of drug-likeness (QED) is 0.0276. The highest BCUT2D eigenvalue weighted by Crippen LogP contribution is 2.38. The van der Waals surface area contributed by atoms with Gasteiger partial charge in [0.25, 0.3) is 7.82 Å². The van der Waals surface area contributed by atoms with Gasteiger partial charge in [0.05, 0.1) is 39.9 Å². The van der Waals surface area contributed by atoms with E-state index in [1.807, 2.05) is 33.3 Å². The van der Waals surface area contributed by atoms with Gasteiger partial charge in [-0.15, -0.1) is 0 Å². The van der Waals surface area contributed by atoms with Gasteiger partial charge in [0.2, 0.25) is 5.91 Å². The van der Waals surface area contributed by atoms with Crippen molar-refractivity contribution in [3.05, 3.63) is 72.9 Å². The fourth-order valence-corrected chi connectivity index (χ4v) is 6.84. The van der Waals surface area contributed by atoms with Crippen LogP contribution in [0.15, 0.2) is 72.9 Å². The lowest BCUT2D eigenvalue weighted by Crippen LogP contribution is -2.46. The first-order valence-electron chi connectivity index (χ1n) is 22.8. The van der Waals surface area contributed by atoms with Crippen LogP contribution in [0.5, 0.6) is 0 Å². The number of aliphatic hydroxyl groups excluding tert-OH is 1. The molecular weight excluding hydrogens is 732 g/mol. The number of carbonyl (C=O) groups is 1. The monoisotopic (exact) mass is 819 g/mol. The van der Waals surface area contributed by atoms with E-state index < -0.39 is 20.0 Å². The molecule has 0 aromatic heterocycles. The molecule has 2 N–H and O–H groups in total. The number of allylic oxidation sites excluding steroid dienone is 12. The normalized spacial score (nSPS) is 15.0. The third-order valence-electron chi connectivity index (χ3n) is 9.72. The highest BCUT2D eigenvalue weighted by Gasteiger charge is 2.24. The van der Waals surface area contributed by atoms with Crippen molar-refractivity contribution in [2.24, 2.45) is 0 Å². The molecule has 0 spiro atoms. The number of carbonyl (C=O) groups excluding carboxylic acids is 1. The Bertz CT molecular complexity index is 1160. The van der Waals surface area contributed by atoms with E-state index in [4.69, 9.17) is 9.05 Å². The van der Waals surface area contributed by atoms with E-state index in [1.54, 1.807) is 0 Å². The molecular formula is C48H87N2O6P. The van der Waals surface area contributed by atoms with Gasteiger partial charge < -0.3 is 28.8 Å². The lowest BCUT2D eigenvalue weighted by atomic mass is 10.0. The van der Waals surface area contributed by atoms with Gasteiger partial charge in [0.15, 0.2) is 0 Å². The molecule has 0 heterocycles. The van der Waals surface area contributed by atoms with Crippen molar-refractivity contribution in [3.8, 4) is 0 Å². The molecule has 3 unspecified atom stereocenters. The Labute approximate surface area is 351 Å². The number of rotatable bonds is 40. The fourth-order valence-electron chi connectivity index (χ4n) is 6.12. The molecule has 0 aliphatic rings. The molecule has 0 radical (unpaired) electrons.